The second-order valence-electron chi connectivity index (χ2n) is 7.48. The third kappa shape index (κ3) is 6.71. The van der Waals surface area contributed by atoms with E-state index in [9.17, 15) is 9.90 Å². The molecule has 0 bridgehead atoms. The first kappa shape index (κ1) is 22.6. The summed E-state index contributed by atoms with van der Waals surface area (Å²) in [5.41, 5.74) is 1.05. The number of halogens is 1. The van der Waals surface area contributed by atoms with Crippen molar-refractivity contribution in [1.82, 2.24) is 9.80 Å². The van der Waals surface area contributed by atoms with Crippen LogP contribution in [0.1, 0.15) is 5.56 Å². The van der Waals surface area contributed by atoms with Crippen molar-refractivity contribution in [2.45, 2.75) is 18.6 Å². The number of esters is 1. The van der Waals surface area contributed by atoms with E-state index in [0.717, 1.165) is 37.5 Å². The zero-order chi connectivity index (χ0) is 21.3. The van der Waals surface area contributed by atoms with E-state index in [4.69, 9.17) is 21.1 Å². The van der Waals surface area contributed by atoms with Crippen LogP contribution in [0.3, 0.4) is 0 Å². The van der Waals surface area contributed by atoms with E-state index in [1.807, 2.05) is 54.6 Å². The van der Waals surface area contributed by atoms with Crippen molar-refractivity contribution in [3.05, 3.63) is 65.2 Å². The van der Waals surface area contributed by atoms with Crippen LogP contribution in [-0.2, 0) is 16.0 Å². The molecular formula is C23H29ClN2O4. The predicted octanol–water partition coefficient (Wildman–Crippen LogP) is 2.48. The van der Waals surface area contributed by atoms with Crippen molar-refractivity contribution in [2.75, 3.05) is 46.4 Å². The highest BCUT2D eigenvalue weighted by Gasteiger charge is 2.30. The first-order valence-electron chi connectivity index (χ1n) is 10.2. The number of nitrogens with zero attached hydrogens (tertiary/aromatic N) is 2. The minimum Gasteiger partial charge on any atom is -0.491 e. The molecule has 0 spiro atoms. The Balaban J connectivity index is 1.48. The minimum absolute atomic E-state index is 0.227. The van der Waals surface area contributed by atoms with Gasteiger partial charge in [-0.25, -0.2) is 0 Å². The summed E-state index contributed by atoms with van der Waals surface area (Å²) in [6.07, 6.45) is 0.0134. The van der Waals surface area contributed by atoms with E-state index in [-0.39, 0.29) is 18.6 Å². The van der Waals surface area contributed by atoms with Crippen LogP contribution in [-0.4, -0.2) is 79.5 Å². The Morgan fingerprint density at radius 2 is 1.73 bits per heavy atom. The fourth-order valence-electron chi connectivity index (χ4n) is 3.66. The molecule has 7 heteroatoms. The predicted molar refractivity (Wildman–Crippen MR) is 117 cm³/mol. The lowest BCUT2D eigenvalue weighted by Crippen LogP contribution is -2.54. The van der Waals surface area contributed by atoms with Crippen LogP contribution in [0.25, 0.3) is 0 Å². The van der Waals surface area contributed by atoms with Gasteiger partial charge in [-0.15, -0.1) is 0 Å². The van der Waals surface area contributed by atoms with E-state index in [2.05, 4.69) is 9.80 Å². The van der Waals surface area contributed by atoms with Gasteiger partial charge < -0.3 is 14.6 Å². The monoisotopic (exact) mass is 432 g/mol. The van der Waals surface area contributed by atoms with Crippen LogP contribution < -0.4 is 4.74 Å². The van der Waals surface area contributed by atoms with Crippen LogP contribution in [0.4, 0.5) is 0 Å². The molecule has 30 heavy (non-hydrogen) atoms. The Kier molecular flexibility index (Phi) is 8.51. The highest BCUT2D eigenvalue weighted by Crippen LogP contribution is 2.16. The Morgan fingerprint density at radius 3 is 2.37 bits per heavy atom. The number of methoxy groups -OCH3 is 1. The maximum Gasteiger partial charge on any atom is 0.323 e. The van der Waals surface area contributed by atoms with Crippen LogP contribution in [0.15, 0.2) is 54.6 Å². The molecule has 2 atom stereocenters. The molecule has 0 aromatic heterocycles. The summed E-state index contributed by atoms with van der Waals surface area (Å²) < 4.78 is 10.7. The number of β-amino-alcohol motifs (C(OH)–C–C–N with tert-alkyl or cyclic N) is 1. The molecule has 0 radical (unpaired) electrons. The summed E-state index contributed by atoms with van der Waals surface area (Å²) in [6, 6.07) is 16.7. The van der Waals surface area contributed by atoms with Gasteiger partial charge in [0.05, 0.1) is 7.11 Å². The molecule has 0 unspecified atom stereocenters. The number of carbonyl (C=O) groups excluding carboxylic acids is 1. The number of para-hydroxylation sites is 1. The second kappa shape index (κ2) is 11.3. The summed E-state index contributed by atoms with van der Waals surface area (Å²) in [7, 11) is 1.43. The summed E-state index contributed by atoms with van der Waals surface area (Å²) in [6.45, 7) is 3.82. The summed E-state index contributed by atoms with van der Waals surface area (Å²) in [5.74, 6) is 0.527. The molecule has 0 saturated carbocycles. The van der Waals surface area contributed by atoms with Crippen molar-refractivity contribution in [3.63, 3.8) is 0 Å². The van der Waals surface area contributed by atoms with E-state index in [1.165, 1.54) is 7.11 Å². The Bertz CT molecular complexity index is 780. The van der Waals surface area contributed by atoms with E-state index >= 15 is 0 Å². The number of hydrogen-bond donors (Lipinski definition) is 1. The number of carbonyl (C=O) groups is 1. The third-order valence-electron chi connectivity index (χ3n) is 5.32. The second-order valence-corrected chi connectivity index (χ2v) is 7.92. The average Bonchev–Trinajstić information content (AvgIpc) is 2.78. The standard InChI is InChI=1S/C23H29ClN2O4/c1-29-23(28)22(15-18-7-9-19(24)10-8-18)26-13-11-25(12-14-26)16-20(27)17-30-21-5-3-2-4-6-21/h2-10,20,22,27H,11-17H2,1H3/t20-,22+/m1/s1. The topological polar surface area (TPSA) is 62.2 Å². The van der Waals surface area contributed by atoms with Crippen molar-refractivity contribution in [2.24, 2.45) is 0 Å². The molecule has 1 saturated heterocycles. The van der Waals surface area contributed by atoms with Crippen molar-refractivity contribution >= 4 is 17.6 Å². The van der Waals surface area contributed by atoms with Gasteiger partial charge in [0.15, 0.2) is 0 Å². The molecular weight excluding hydrogens is 404 g/mol. The fraction of sp³-hybridized carbons (Fsp3) is 0.435. The number of aliphatic hydroxyl groups is 1. The molecule has 162 valence electrons. The smallest absolute Gasteiger partial charge is 0.323 e. The van der Waals surface area contributed by atoms with Crippen LogP contribution in [0, 0.1) is 0 Å². The molecule has 0 amide bonds. The van der Waals surface area contributed by atoms with Gasteiger partial charge in [0.2, 0.25) is 0 Å². The van der Waals surface area contributed by atoms with Gasteiger partial charge in [-0.05, 0) is 36.2 Å². The van der Waals surface area contributed by atoms with Crippen LogP contribution >= 0.6 is 11.6 Å². The van der Waals surface area contributed by atoms with Gasteiger partial charge in [-0.3, -0.25) is 14.6 Å². The van der Waals surface area contributed by atoms with Crippen molar-refractivity contribution in [1.29, 1.82) is 0 Å². The molecule has 1 aliphatic rings. The molecule has 1 fully saturated rings. The zero-order valence-electron chi connectivity index (χ0n) is 17.2. The quantitative estimate of drug-likeness (QED) is 0.614. The average molecular weight is 433 g/mol. The fourth-order valence-corrected chi connectivity index (χ4v) is 3.78. The first-order chi connectivity index (χ1) is 14.5. The number of piperazine rings is 1. The molecule has 2 aromatic carbocycles. The van der Waals surface area contributed by atoms with Gasteiger partial charge in [-0.1, -0.05) is 41.9 Å². The molecule has 6 nitrogen and oxygen atoms in total. The lowest BCUT2D eigenvalue weighted by Gasteiger charge is -2.38. The molecule has 0 aliphatic carbocycles. The highest BCUT2D eigenvalue weighted by molar-refractivity contribution is 6.30. The minimum atomic E-state index is -0.567. The molecule has 2 aromatic rings. The van der Waals surface area contributed by atoms with Gasteiger partial charge >= 0.3 is 5.97 Å². The number of ether oxygens (including phenoxy) is 2. The summed E-state index contributed by atoms with van der Waals surface area (Å²) >= 11 is 5.96. The van der Waals surface area contributed by atoms with E-state index < -0.39 is 6.10 Å². The van der Waals surface area contributed by atoms with Crippen LogP contribution in [0.5, 0.6) is 5.75 Å². The van der Waals surface area contributed by atoms with E-state index in [1.54, 1.807) is 0 Å². The van der Waals surface area contributed by atoms with Gasteiger partial charge in [0, 0.05) is 37.7 Å². The zero-order valence-corrected chi connectivity index (χ0v) is 18.0. The summed E-state index contributed by atoms with van der Waals surface area (Å²) in [4.78, 5) is 16.8. The number of aliphatic hydroxyl groups excluding tert-OH is 1. The highest BCUT2D eigenvalue weighted by atomic mass is 35.5. The van der Waals surface area contributed by atoms with Gasteiger partial charge in [0.1, 0.15) is 24.5 Å². The van der Waals surface area contributed by atoms with E-state index in [0.29, 0.717) is 18.0 Å². The molecule has 3 rings (SSSR count). The third-order valence-corrected chi connectivity index (χ3v) is 5.57. The molecule has 1 N–H and O–H groups in total. The normalized spacial score (nSPS) is 17.3. The number of rotatable bonds is 9. The first-order valence-corrected chi connectivity index (χ1v) is 10.6. The Labute approximate surface area is 183 Å². The summed E-state index contributed by atoms with van der Waals surface area (Å²) in [5, 5.41) is 11.0. The Morgan fingerprint density at radius 1 is 1.07 bits per heavy atom. The molecule has 1 aliphatic heterocycles. The van der Waals surface area contributed by atoms with Gasteiger partial charge in [0.25, 0.3) is 0 Å². The van der Waals surface area contributed by atoms with Gasteiger partial charge in [-0.2, -0.15) is 0 Å². The lowest BCUT2D eigenvalue weighted by atomic mass is 10.0. The SMILES string of the molecule is COC(=O)[C@H](Cc1ccc(Cl)cc1)N1CCN(C[C@@H](O)COc2ccccc2)CC1. The lowest BCUT2D eigenvalue weighted by molar-refractivity contribution is -0.147. The Hall–Kier alpha value is -2.12. The van der Waals surface area contributed by atoms with Crippen molar-refractivity contribution in [3.8, 4) is 5.75 Å². The maximum atomic E-state index is 12.4. The van der Waals surface area contributed by atoms with Crippen molar-refractivity contribution < 1.29 is 19.4 Å². The van der Waals surface area contributed by atoms with Crippen LogP contribution in [0.2, 0.25) is 5.02 Å². The largest absolute Gasteiger partial charge is 0.491 e. The number of benzene rings is 2. The maximum absolute atomic E-state index is 12.4. The number of hydrogen-bond acceptors (Lipinski definition) is 6. The molecule has 1 heterocycles.